The third kappa shape index (κ3) is 2.45. The van der Waals surface area contributed by atoms with E-state index in [0.29, 0.717) is 16.6 Å². The van der Waals surface area contributed by atoms with E-state index >= 15 is 0 Å². The fourth-order valence-corrected chi connectivity index (χ4v) is 1.52. The summed E-state index contributed by atoms with van der Waals surface area (Å²) in [5.74, 6) is -1.14. The van der Waals surface area contributed by atoms with E-state index in [1.807, 2.05) is 0 Å². The Morgan fingerprint density at radius 2 is 2.28 bits per heavy atom. The second-order valence-corrected chi connectivity index (χ2v) is 3.33. The van der Waals surface area contributed by atoms with Gasteiger partial charge in [-0.1, -0.05) is 0 Å². The molecular formula is C11H8F2N2O3. The number of nitrogens with zero attached hydrogens (tertiary/aromatic N) is 1. The minimum Gasteiger partial charge on any atom is -0.478 e. The SMILES string of the molecule is O=C(O)C=Cc1ccc(OC(F)F)c2[nH]cnc12. The Balaban J connectivity index is 2.46. The first-order valence-corrected chi connectivity index (χ1v) is 4.90. The molecule has 18 heavy (non-hydrogen) atoms. The lowest BCUT2D eigenvalue weighted by Crippen LogP contribution is -2.02. The Labute approximate surface area is 99.7 Å². The highest BCUT2D eigenvalue weighted by molar-refractivity contribution is 5.93. The number of nitrogens with one attached hydrogen (secondary N) is 1. The van der Waals surface area contributed by atoms with Crippen molar-refractivity contribution in [3.05, 3.63) is 30.1 Å². The molecule has 94 valence electrons. The first-order chi connectivity index (χ1) is 8.58. The average molecular weight is 254 g/mol. The molecule has 7 heteroatoms. The highest BCUT2D eigenvalue weighted by Crippen LogP contribution is 2.27. The molecule has 1 aromatic carbocycles. The number of fused-ring (bicyclic) bond motifs is 1. The van der Waals surface area contributed by atoms with Crippen LogP contribution in [-0.2, 0) is 4.79 Å². The van der Waals surface area contributed by atoms with Gasteiger partial charge in [-0.3, -0.25) is 0 Å². The van der Waals surface area contributed by atoms with Crippen LogP contribution in [0.2, 0.25) is 0 Å². The van der Waals surface area contributed by atoms with Crippen LogP contribution < -0.4 is 4.74 Å². The molecule has 1 heterocycles. The summed E-state index contributed by atoms with van der Waals surface area (Å²) in [5, 5.41) is 8.53. The zero-order valence-electron chi connectivity index (χ0n) is 8.93. The van der Waals surface area contributed by atoms with Crippen molar-refractivity contribution >= 4 is 23.1 Å². The normalized spacial score (nSPS) is 11.5. The Morgan fingerprint density at radius 3 is 2.94 bits per heavy atom. The predicted octanol–water partition coefficient (Wildman–Crippen LogP) is 2.26. The van der Waals surface area contributed by atoms with Crippen LogP contribution in [0.1, 0.15) is 5.56 Å². The van der Waals surface area contributed by atoms with E-state index in [9.17, 15) is 13.6 Å². The van der Waals surface area contributed by atoms with Gasteiger partial charge in [0.25, 0.3) is 0 Å². The maximum Gasteiger partial charge on any atom is 0.387 e. The van der Waals surface area contributed by atoms with Crippen LogP contribution >= 0.6 is 0 Å². The van der Waals surface area contributed by atoms with Crippen molar-refractivity contribution < 1.29 is 23.4 Å². The van der Waals surface area contributed by atoms with Crippen LogP contribution in [-0.4, -0.2) is 27.7 Å². The molecule has 2 N–H and O–H groups in total. The van der Waals surface area contributed by atoms with Gasteiger partial charge < -0.3 is 14.8 Å². The van der Waals surface area contributed by atoms with Gasteiger partial charge in [0.1, 0.15) is 5.52 Å². The molecule has 0 aliphatic rings. The van der Waals surface area contributed by atoms with Gasteiger partial charge in [0.15, 0.2) is 5.75 Å². The lowest BCUT2D eigenvalue weighted by atomic mass is 10.1. The third-order valence-corrected chi connectivity index (χ3v) is 2.19. The van der Waals surface area contributed by atoms with Gasteiger partial charge in [-0.25, -0.2) is 9.78 Å². The lowest BCUT2D eigenvalue weighted by Gasteiger charge is -2.06. The minimum atomic E-state index is -2.93. The summed E-state index contributed by atoms with van der Waals surface area (Å²) < 4.78 is 28.6. The number of ether oxygens (including phenoxy) is 1. The molecule has 2 aromatic rings. The number of aromatic nitrogens is 2. The molecule has 0 atom stereocenters. The van der Waals surface area contributed by atoms with E-state index in [4.69, 9.17) is 5.11 Å². The van der Waals surface area contributed by atoms with Crippen molar-refractivity contribution in [2.45, 2.75) is 6.61 Å². The van der Waals surface area contributed by atoms with Crippen molar-refractivity contribution in [2.75, 3.05) is 0 Å². The Bertz CT molecular complexity index is 607. The standard InChI is InChI=1S/C11H8F2N2O3/c12-11(13)18-7-3-1-6(2-4-8(16)17)9-10(7)15-5-14-9/h1-5,11H,(H,14,15)(H,16,17). The zero-order valence-corrected chi connectivity index (χ0v) is 8.93. The second-order valence-electron chi connectivity index (χ2n) is 3.33. The molecule has 0 unspecified atom stereocenters. The molecule has 0 aliphatic carbocycles. The van der Waals surface area contributed by atoms with Gasteiger partial charge in [0, 0.05) is 11.6 Å². The van der Waals surface area contributed by atoms with E-state index in [1.165, 1.54) is 24.5 Å². The van der Waals surface area contributed by atoms with Crippen LogP contribution in [0.15, 0.2) is 24.5 Å². The number of halogens is 2. The number of imidazole rings is 1. The number of aromatic amines is 1. The van der Waals surface area contributed by atoms with Crippen LogP contribution in [0.3, 0.4) is 0 Å². The van der Waals surface area contributed by atoms with Gasteiger partial charge in [-0.05, 0) is 18.2 Å². The van der Waals surface area contributed by atoms with Gasteiger partial charge in [0.2, 0.25) is 0 Å². The number of hydrogen-bond acceptors (Lipinski definition) is 3. The molecule has 0 aliphatic heterocycles. The number of carboxylic acid groups (broad SMARTS) is 1. The Morgan fingerprint density at radius 1 is 1.50 bits per heavy atom. The van der Waals surface area contributed by atoms with Crippen molar-refractivity contribution in [2.24, 2.45) is 0 Å². The van der Waals surface area contributed by atoms with Gasteiger partial charge >= 0.3 is 12.6 Å². The van der Waals surface area contributed by atoms with Gasteiger partial charge in [-0.15, -0.1) is 0 Å². The fourth-order valence-electron chi connectivity index (χ4n) is 1.52. The highest BCUT2D eigenvalue weighted by atomic mass is 19.3. The zero-order chi connectivity index (χ0) is 13.1. The Hall–Kier alpha value is -2.44. The topological polar surface area (TPSA) is 75.2 Å². The molecule has 0 saturated heterocycles. The van der Waals surface area contributed by atoms with E-state index < -0.39 is 12.6 Å². The summed E-state index contributed by atoms with van der Waals surface area (Å²) >= 11 is 0. The van der Waals surface area contributed by atoms with E-state index in [-0.39, 0.29) is 5.75 Å². The molecule has 0 spiro atoms. The number of aliphatic carboxylic acids is 1. The molecule has 0 bridgehead atoms. The van der Waals surface area contributed by atoms with Crippen molar-refractivity contribution in [1.82, 2.24) is 9.97 Å². The van der Waals surface area contributed by atoms with Crippen LogP contribution in [0.5, 0.6) is 5.75 Å². The summed E-state index contributed by atoms with van der Waals surface area (Å²) in [6.07, 6.45) is 3.59. The van der Waals surface area contributed by atoms with Crippen LogP contribution in [0, 0.1) is 0 Å². The predicted molar refractivity (Wildman–Crippen MR) is 59.4 cm³/mol. The largest absolute Gasteiger partial charge is 0.478 e. The number of hydrogen-bond donors (Lipinski definition) is 2. The van der Waals surface area contributed by atoms with Crippen molar-refractivity contribution in [3.63, 3.8) is 0 Å². The quantitative estimate of drug-likeness (QED) is 0.820. The number of H-pyrrole nitrogens is 1. The molecule has 5 nitrogen and oxygen atoms in total. The molecule has 2 rings (SSSR count). The number of carboxylic acids is 1. The summed E-state index contributed by atoms with van der Waals surface area (Å²) in [6, 6.07) is 2.79. The molecule has 1 aromatic heterocycles. The summed E-state index contributed by atoms with van der Waals surface area (Å²) in [5.41, 5.74) is 1.16. The van der Waals surface area contributed by atoms with Crippen molar-refractivity contribution in [3.8, 4) is 5.75 Å². The average Bonchev–Trinajstić information content (AvgIpc) is 2.76. The summed E-state index contributed by atoms with van der Waals surface area (Å²) in [4.78, 5) is 17.0. The minimum absolute atomic E-state index is 0.0371. The van der Waals surface area contributed by atoms with Gasteiger partial charge in [0.05, 0.1) is 11.8 Å². The molecule has 0 fully saturated rings. The number of benzene rings is 1. The van der Waals surface area contributed by atoms with E-state index in [2.05, 4.69) is 14.7 Å². The number of carbonyl (C=O) groups is 1. The lowest BCUT2D eigenvalue weighted by molar-refractivity contribution is -0.131. The second kappa shape index (κ2) is 4.82. The summed E-state index contributed by atoms with van der Waals surface area (Å²) in [6.45, 7) is -2.93. The van der Waals surface area contributed by atoms with E-state index in [0.717, 1.165) is 6.08 Å². The summed E-state index contributed by atoms with van der Waals surface area (Å²) in [7, 11) is 0. The first kappa shape index (κ1) is 12.0. The molecular weight excluding hydrogens is 246 g/mol. The van der Waals surface area contributed by atoms with Gasteiger partial charge in [-0.2, -0.15) is 8.78 Å². The maximum atomic E-state index is 12.2. The highest BCUT2D eigenvalue weighted by Gasteiger charge is 2.12. The number of alkyl halides is 2. The maximum absolute atomic E-state index is 12.2. The first-order valence-electron chi connectivity index (χ1n) is 4.90. The van der Waals surface area contributed by atoms with E-state index in [1.54, 1.807) is 0 Å². The fraction of sp³-hybridized carbons (Fsp3) is 0.0909. The smallest absolute Gasteiger partial charge is 0.387 e. The molecule has 0 amide bonds. The third-order valence-electron chi connectivity index (χ3n) is 2.19. The number of rotatable bonds is 4. The Kier molecular flexibility index (Phi) is 3.22. The molecule has 0 radical (unpaired) electrons. The van der Waals surface area contributed by atoms with Crippen LogP contribution in [0.4, 0.5) is 8.78 Å². The van der Waals surface area contributed by atoms with Crippen LogP contribution in [0.25, 0.3) is 17.1 Å². The monoisotopic (exact) mass is 254 g/mol. The van der Waals surface area contributed by atoms with Crippen molar-refractivity contribution in [1.29, 1.82) is 0 Å². The molecule has 0 saturated carbocycles.